The van der Waals surface area contributed by atoms with Gasteiger partial charge in [-0.25, -0.2) is 4.79 Å². The fourth-order valence-corrected chi connectivity index (χ4v) is 2.99. The molecular weight excluding hydrogens is 280 g/mol. The van der Waals surface area contributed by atoms with Gasteiger partial charge in [-0.05, 0) is 37.1 Å². The zero-order valence-electron chi connectivity index (χ0n) is 12.4. The molecule has 2 aromatic carbocycles. The van der Waals surface area contributed by atoms with Crippen molar-refractivity contribution in [2.45, 2.75) is 26.4 Å². The summed E-state index contributed by atoms with van der Waals surface area (Å²) in [5, 5.41) is 9.31. The number of ketones is 1. The number of hydrogen-bond donors (Lipinski definition) is 1. The lowest BCUT2D eigenvalue weighted by molar-refractivity contribution is 0.0682. The second-order valence-electron chi connectivity index (χ2n) is 5.58. The third-order valence-electron chi connectivity index (χ3n) is 3.90. The summed E-state index contributed by atoms with van der Waals surface area (Å²) in [6.07, 6.45) is -0.408. The first-order valence-corrected chi connectivity index (χ1v) is 7.10. The summed E-state index contributed by atoms with van der Waals surface area (Å²) in [4.78, 5) is 23.8. The Morgan fingerprint density at radius 1 is 1.23 bits per heavy atom. The smallest absolute Gasteiger partial charge is 0.336 e. The molecule has 0 saturated carbocycles. The summed E-state index contributed by atoms with van der Waals surface area (Å²) in [5.74, 6) is -0.485. The molecule has 1 unspecified atom stereocenters. The molecule has 1 N–H and O–H groups in total. The number of carboxylic acids is 1. The van der Waals surface area contributed by atoms with Crippen LogP contribution in [0, 0.1) is 13.8 Å². The van der Waals surface area contributed by atoms with Gasteiger partial charge in [-0.2, -0.15) is 0 Å². The summed E-state index contributed by atoms with van der Waals surface area (Å²) in [7, 11) is 0. The van der Waals surface area contributed by atoms with Gasteiger partial charge in [0.05, 0.1) is 17.5 Å². The summed E-state index contributed by atoms with van der Waals surface area (Å²) in [5.41, 5.74) is 3.22. The van der Waals surface area contributed by atoms with E-state index in [2.05, 4.69) is 0 Å². The molecule has 0 fully saturated rings. The number of carbonyl (C=O) groups excluding carboxylic acids is 1. The van der Waals surface area contributed by atoms with Crippen LogP contribution in [0.3, 0.4) is 0 Å². The van der Waals surface area contributed by atoms with Gasteiger partial charge in [0, 0.05) is 5.56 Å². The Hall–Kier alpha value is -2.62. The molecule has 1 aliphatic heterocycles. The fourth-order valence-electron chi connectivity index (χ4n) is 2.99. The third kappa shape index (κ3) is 2.37. The Balaban J connectivity index is 2.07. The van der Waals surface area contributed by atoms with Crippen molar-refractivity contribution >= 4 is 11.8 Å². The number of rotatable bonds is 2. The van der Waals surface area contributed by atoms with Crippen molar-refractivity contribution in [1.29, 1.82) is 0 Å². The van der Waals surface area contributed by atoms with Crippen LogP contribution in [-0.4, -0.2) is 16.9 Å². The Bertz CT molecular complexity index is 777. The maximum Gasteiger partial charge on any atom is 0.336 e. The number of carboxylic acid groups (broad SMARTS) is 1. The van der Waals surface area contributed by atoms with Gasteiger partial charge in [-0.15, -0.1) is 0 Å². The lowest BCUT2D eigenvalue weighted by Crippen LogP contribution is -2.23. The predicted octanol–water partition coefficient (Wildman–Crippen LogP) is 3.71. The lowest BCUT2D eigenvalue weighted by atomic mass is 9.91. The van der Waals surface area contributed by atoms with Crippen LogP contribution in [0.4, 0.5) is 0 Å². The van der Waals surface area contributed by atoms with Crippen molar-refractivity contribution < 1.29 is 19.4 Å². The largest absolute Gasteiger partial charge is 0.484 e. The van der Waals surface area contributed by atoms with E-state index >= 15 is 0 Å². The van der Waals surface area contributed by atoms with Crippen molar-refractivity contribution in [2.24, 2.45) is 0 Å². The minimum absolute atomic E-state index is 0.0102. The Kier molecular flexibility index (Phi) is 3.45. The van der Waals surface area contributed by atoms with Crippen molar-refractivity contribution in [3.8, 4) is 5.75 Å². The van der Waals surface area contributed by atoms with Crippen molar-refractivity contribution in [1.82, 2.24) is 0 Å². The van der Waals surface area contributed by atoms with Crippen LogP contribution < -0.4 is 4.74 Å². The highest BCUT2D eigenvalue weighted by molar-refractivity contribution is 6.01. The van der Waals surface area contributed by atoms with Gasteiger partial charge < -0.3 is 9.84 Å². The van der Waals surface area contributed by atoms with E-state index in [0.29, 0.717) is 16.9 Å². The van der Waals surface area contributed by atoms with E-state index < -0.39 is 12.1 Å². The molecule has 2 aromatic rings. The van der Waals surface area contributed by atoms with Crippen LogP contribution in [0.1, 0.15) is 49.9 Å². The van der Waals surface area contributed by atoms with E-state index in [9.17, 15) is 14.7 Å². The van der Waals surface area contributed by atoms with Gasteiger partial charge in [0.2, 0.25) is 0 Å². The number of hydrogen-bond acceptors (Lipinski definition) is 3. The van der Waals surface area contributed by atoms with Crippen molar-refractivity contribution in [3.63, 3.8) is 0 Å². The van der Waals surface area contributed by atoms with Gasteiger partial charge >= 0.3 is 5.97 Å². The Labute approximate surface area is 128 Å². The highest BCUT2D eigenvalue weighted by Crippen LogP contribution is 2.38. The van der Waals surface area contributed by atoms with E-state index in [0.717, 1.165) is 11.1 Å². The molecule has 0 amide bonds. The first-order chi connectivity index (χ1) is 10.5. The van der Waals surface area contributed by atoms with Crippen molar-refractivity contribution in [3.05, 3.63) is 64.2 Å². The van der Waals surface area contributed by atoms with Gasteiger partial charge in [-0.3, -0.25) is 4.79 Å². The van der Waals surface area contributed by atoms with Crippen molar-refractivity contribution in [2.75, 3.05) is 0 Å². The molecule has 0 spiro atoms. The number of aryl methyl sites for hydroxylation is 2. The number of benzene rings is 2. The van der Waals surface area contributed by atoms with Gasteiger partial charge in [0.15, 0.2) is 5.78 Å². The summed E-state index contributed by atoms with van der Waals surface area (Å²) in [6, 6.07) is 10.4. The zero-order chi connectivity index (χ0) is 15.9. The number of carbonyl (C=O) groups is 2. The van der Waals surface area contributed by atoms with Gasteiger partial charge in [-0.1, -0.05) is 24.3 Å². The summed E-state index contributed by atoms with van der Waals surface area (Å²) < 4.78 is 5.96. The highest BCUT2D eigenvalue weighted by atomic mass is 16.5. The molecule has 4 heteroatoms. The van der Waals surface area contributed by atoms with E-state index in [1.165, 1.54) is 6.07 Å². The first kappa shape index (κ1) is 14.3. The number of Topliss-reactive ketones (excluding diaryl/α,β-unsaturated/α-hetero) is 1. The van der Waals surface area contributed by atoms with E-state index in [1.807, 2.05) is 26.0 Å². The Morgan fingerprint density at radius 3 is 2.68 bits per heavy atom. The fraction of sp³-hybridized carbons (Fsp3) is 0.222. The molecule has 0 saturated heterocycles. The minimum Gasteiger partial charge on any atom is -0.484 e. The van der Waals surface area contributed by atoms with Crippen LogP contribution in [0.2, 0.25) is 0 Å². The average molecular weight is 296 g/mol. The van der Waals surface area contributed by atoms with Crippen LogP contribution in [-0.2, 0) is 0 Å². The molecule has 1 aliphatic rings. The van der Waals surface area contributed by atoms with Crippen LogP contribution in [0.5, 0.6) is 5.75 Å². The number of aromatic carboxylic acids is 1. The topological polar surface area (TPSA) is 63.6 Å². The molecule has 1 heterocycles. The molecule has 1 atom stereocenters. The van der Waals surface area contributed by atoms with E-state index in [1.54, 1.807) is 18.2 Å². The Morgan fingerprint density at radius 2 is 1.95 bits per heavy atom. The van der Waals surface area contributed by atoms with E-state index in [-0.39, 0.29) is 17.8 Å². The zero-order valence-corrected chi connectivity index (χ0v) is 12.4. The monoisotopic (exact) mass is 296 g/mol. The molecule has 0 aromatic heterocycles. The SMILES string of the molecule is Cc1cc(C)c2c(c1)OC(c1ccccc1C(=O)O)CC2=O. The molecule has 0 radical (unpaired) electrons. The standard InChI is InChI=1S/C18H16O4/c1-10-7-11(2)17-14(19)9-15(22-16(17)8-10)12-5-3-4-6-13(12)18(20)21/h3-8,15H,9H2,1-2H3,(H,20,21). The number of ether oxygens (including phenoxy) is 1. The number of fused-ring (bicyclic) bond motifs is 1. The third-order valence-corrected chi connectivity index (χ3v) is 3.90. The summed E-state index contributed by atoms with van der Waals surface area (Å²) >= 11 is 0. The van der Waals surface area contributed by atoms with Crippen LogP contribution in [0.25, 0.3) is 0 Å². The normalized spacial score (nSPS) is 16.8. The lowest BCUT2D eigenvalue weighted by Gasteiger charge is -2.27. The second kappa shape index (κ2) is 5.30. The highest BCUT2D eigenvalue weighted by Gasteiger charge is 2.31. The minimum atomic E-state index is -1.02. The molecule has 112 valence electrons. The maximum absolute atomic E-state index is 12.5. The first-order valence-electron chi connectivity index (χ1n) is 7.10. The summed E-state index contributed by atoms with van der Waals surface area (Å²) in [6.45, 7) is 3.83. The predicted molar refractivity (Wildman–Crippen MR) is 81.6 cm³/mol. The van der Waals surface area contributed by atoms with Gasteiger partial charge in [0.25, 0.3) is 0 Å². The maximum atomic E-state index is 12.5. The van der Waals surface area contributed by atoms with E-state index in [4.69, 9.17) is 4.74 Å². The quantitative estimate of drug-likeness (QED) is 0.917. The average Bonchev–Trinajstić information content (AvgIpc) is 2.45. The molecular formula is C18H16O4. The molecule has 0 bridgehead atoms. The second-order valence-corrected chi connectivity index (χ2v) is 5.58. The molecule has 0 aliphatic carbocycles. The van der Waals surface area contributed by atoms with Crippen LogP contribution in [0.15, 0.2) is 36.4 Å². The molecule has 4 nitrogen and oxygen atoms in total. The van der Waals surface area contributed by atoms with Crippen LogP contribution >= 0.6 is 0 Å². The molecule has 22 heavy (non-hydrogen) atoms. The van der Waals surface area contributed by atoms with Gasteiger partial charge in [0.1, 0.15) is 11.9 Å². The molecule has 3 rings (SSSR count).